The predicted molar refractivity (Wildman–Crippen MR) is 60.4 cm³/mol. The lowest BCUT2D eigenvalue weighted by molar-refractivity contribution is -0.132. The number of alkyl halides is 1. The Kier molecular flexibility index (Phi) is 2.63. The second-order valence-corrected chi connectivity index (χ2v) is 6.39. The zero-order valence-corrected chi connectivity index (χ0v) is 10.5. The van der Waals surface area contributed by atoms with Gasteiger partial charge in [-0.3, -0.25) is 4.79 Å². The minimum Gasteiger partial charge on any atom is -0.341 e. The van der Waals surface area contributed by atoms with Gasteiger partial charge in [-0.05, 0) is 30.6 Å². The molecule has 0 N–H and O–H groups in total. The first-order chi connectivity index (χ1) is 6.50. The van der Waals surface area contributed by atoms with Crippen LogP contribution in [0, 0.1) is 11.3 Å². The van der Waals surface area contributed by atoms with Gasteiger partial charge < -0.3 is 4.90 Å². The van der Waals surface area contributed by atoms with Crippen LogP contribution in [0.1, 0.15) is 33.1 Å². The van der Waals surface area contributed by atoms with Gasteiger partial charge in [0, 0.05) is 13.1 Å². The molecule has 1 amide bonds. The van der Waals surface area contributed by atoms with E-state index in [1.54, 1.807) is 0 Å². The van der Waals surface area contributed by atoms with Gasteiger partial charge in [0.1, 0.15) is 0 Å². The van der Waals surface area contributed by atoms with E-state index in [1.807, 2.05) is 4.90 Å². The largest absolute Gasteiger partial charge is 0.341 e. The molecule has 3 heteroatoms. The first kappa shape index (κ1) is 10.5. The first-order valence-electron chi connectivity index (χ1n) is 5.43. The summed E-state index contributed by atoms with van der Waals surface area (Å²) in [5, 5.41) is 0. The van der Waals surface area contributed by atoms with Crippen LogP contribution in [-0.4, -0.2) is 28.7 Å². The van der Waals surface area contributed by atoms with Gasteiger partial charge in [0.2, 0.25) is 5.91 Å². The van der Waals surface area contributed by atoms with E-state index in [9.17, 15) is 4.79 Å². The molecular formula is C11H18BrNO. The van der Waals surface area contributed by atoms with Gasteiger partial charge in [-0.25, -0.2) is 0 Å². The molecule has 2 unspecified atom stereocenters. The molecule has 80 valence electrons. The Hall–Kier alpha value is -0.0500. The fourth-order valence-electron chi connectivity index (χ4n) is 2.23. The number of likely N-dealkylation sites (tertiary alicyclic amines) is 1. The van der Waals surface area contributed by atoms with Crippen molar-refractivity contribution in [2.75, 3.05) is 13.1 Å². The van der Waals surface area contributed by atoms with E-state index in [4.69, 9.17) is 0 Å². The zero-order valence-electron chi connectivity index (χ0n) is 8.92. The highest BCUT2D eigenvalue weighted by atomic mass is 79.9. The highest BCUT2D eigenvalue weighted by molar-refractivity contribution is 9.10. The Bertz CT molecular complexity index is 252. The van der Waals surface area contributed by atoms with Crippen molar-refractivity contribution >= 4 is 21.8 Å². The molecule has 2 aliphatic rings. The van der Waals surface area contributed by atoms with Crippen molar-refractivity contribution in [3.05, 3.63) is 0 Å². The third-order valence-corrected chi connectivity index (χ3v) is 4.47. The number of hydrogen-bond donors (Lipinski definition) is 0. The maximum atomic E-state index is 11.8. The number of hydrogen-bond acceptors (Lipinski definition) is 1. The van der Waals surface area contributed by atoms with Crippen molar-refractivity contribution in [1.29, 1.82) is 0 Å². The molecule has 0 aromatic carbocycles. The summed E-state index contributed by atoms with van der Waals surface area (Å²) in [6.07, 6.45) is 3.43. The molecule has 14 heavy (non-hydrogen) atoms. The minimum atomic E-state index is 0.0816. The molecule has 2 fully saturated rings. The van der Waals surface area contributed by atoms with Crippen LogP contribution in [0.4, 0.5) is 0 Å². The quantitative estimate of drug-likeness (QED) is 0.698. The first-order valence-corrected chi connectivity index (χ1v) is 6.35. The second kappa shape index (κ2) is 3.51. The molecule has 1 aliphatic carbocycles. The van der Waals surface area contributed by atoms with Crippen molar-refractivity contribution in [3.8, 4) is 0 Å². The summed E-state index contributed by atoms with van der Waals surface area (Å²) in [5.41, 5.74) is 0.486. The van der Waals surface area contributed by atoms with Gasteiger partial charge in [-0.15, -0.1) is 0 Å². The van der Waals surface area contributed by atoms with E-state index in [-0.39, 0.29) is 4.83 Å². The lowest BCUT2D eigenvalue weighted by Crippen LogP contribution is -2.43. The number of halogens is 1. The molecule has 2 rings (SSSR count). The molecule has 1 saturated carbocycles. The second-order valence-electron chi connectivity index (χ2n) is 5.28. The zero-order chi connectivity index (χ0) is 10.3. The van der Waals surface area contributed by atoms with E-state index in [0.717, 1.165) is 31.8 Å². The summed E-state index contributed by atoms with van der Waals surface area (Å²) in [6, 6.07) is 0. The monoisotopic (exact) mass is 259 g/mol. The van der Waals surface area contributed by atoms with Crippen LogP contribution in [0.3, 0.4) is 0 Å². The molecule has 0 spiro atoms. The van der Waals surface area contributed by atoms with Crippen molar-refractivity contribution in [2.24, 2.45) is 11.3 Å². The van der Waals surface area contributed by atoms with Crippen LogP contribution in [0.25, 0.3) is 0 Å². The summed E-state index contributed by atoms with van der Waals surface area (Å²) in [4.78, 5) is 13.9. The summed E-state index contributed by atoms with van der Waals surface area (Å²) in [5.74, 6) is 1.04. The van der Waals surface area contributed by atoms with Crippen LogP contribution >= 0.6 is 15.9 Å². The number of nitrogens with zero attached hydrogens (tertiary/aromatic N) is 1. The van der Waals surface area contributed by atoms with E-state index in [2.05, 4.69) is 29.8 Å². The van der Waals surface area contributed by atoms with Crippen molar-refractivity contribution in [3.63, 3.8) is 0 Å². The van der Waals surface area contributed by atoms with Crippen LogP contribution in [0.5, 0.6) is 0 Å². The standard InChI is InChI=1S/C11H18BrNO/c1-11(2)6-8(11)7-13-5-3-4-9(12)10(13)14/h8-9H,3-7H2,1-2H3. The molecule has 0 aromatic rings. The highest BCUT2D eigenvalue weighted by Crippen LogP contribution is 2.52. The van der Waals surface area contributed by atoms with Crippen LogP contribution in [0.2, 0.25) is 0 Å². The summed E-state index contributed by atoms with van der Waals surface area (Å²) in [6.45, 7) is 6.52. The number of piperidine rings is 1. The molecule has 0 aromatic heterocycles. The van der Waals surface area contributed by atoms with Gasteiger partial charge >= 0.3 is 0 Å². The maximum absolute atomic E-state index is 11.8. The number of carbonyl (C=O) groups excluding carboxylic acids is 1. The number of carbonyl (C=O) groups is 1. The van der Waals surface area contributed by atoms with Crippen molar-refractivity contribution < 1.29 is 4.79 Å². The number of rotatable bonds is 2. The molecular weight excluding hydrogens is 242 g/mol. The summed E-state index contributed by atoms with van der Waals surface area (Å²) in [7, 11) is 0. The normalized spacial score (nSPS) is 35.9. The van der Waals surface area contributed by atoms with Crippen molar-refractivity contribution in [2.45, 2.75) is 37.9 Å². The average Bonchev–Trinajstić information content (AvgIpc) is 2.68. The van der Waals surface area contributed by atoms with Gasteiger partial charge in [0.25, 0.3) is 0 Å². The van der Waals surface area contributed by atoms with Crippen LogP contribution < -0.4 is 0 Å². The summed E-state index contributed by atoms with van der Waals surface area (Å²) >= 11 is 3.44. The maximum Gasteiger partial charge on any atom is 0.236 e. The fourth-order valence-corrected chi connectivity index (χ4v) is 2.84. The lowest BCUT2D eigenvalue weighted by atomic mass is 10.1. The van der Waals surface area contributed by atoms with E-state index >= 15 is 0 Å². The molecule has 1 aliphatic heterocycles. The van der Waals surface area contributed by atoms with Gasteiger partial charge in [-0.2, -0.15) is 0 Å². The summed E-state index contributed by atoms with van der Waals surface area (Å²) < 4.78 is 0. The van der Waals surface area contributed by atoms with E-state index < -0.39 is 0 Å². The molecule has 1 saturated heterocycles. The number of amides is 1. The SMILES string of the molecule is CC1(C)CC1CN1CCCC(Br)C1=O. The Morgan fingerprint density at radius 3 is 2.79 bits per heavy atom. The Labute approximate surface area is 94.2 Å². The smallest absolute Gasteiger partial charge is 0.236 e. The van der Waals surface area contributed by atoms with Gasteiger partial charge in [0.15, 0.2) is 0 Å². The highest BCUT2D eigenvalue weighted by Gasteiger charge is 2.47. The minimum absolute atomic E-state index is 0.0816. The Morgan fingerprint density at radius 1 is 1.57 bits per heavy atom. The van der Waals surface area contributed by atoms with E-state index in [0.29, 0.717) is 11.3 Å². The molecule has 0 bridgehead atoms. The fraction of sp³-hybridized carbons (Fsp3) is 0.909. The molecule has 2 atom stereocenters. The van der Waals surface area contributed by atoms with E-state index in [1.165, 1.54) is 6.42 Å². The average molecular weight is 260 g/mol. The van der Waals surface area contributed by atoms with Gasteiger partial charge in [-0.1, -0.05) is 29.8 Å². The van der Waals surface area contributed by atoms with Gasteiger partial charge in [0.05, 0.1) is 4.83 Å². The topological polar surface area (TPSA) is 20.3 Å². The molecule has 2 nitrogen and oxygen atoms in total. The van der Waals surface area contributed by atoms with Crippen molar-refractivity contribution in [1.82, 2.24) is 4.90 Å². The van der Waals surface area contributed by atoms with Crippen LogP contribution in [0.15, 0.2) is 0 Å². The molecule has 1 heterocycles. The van der Waals surface area contributed by atoms with Crippen LogP contribution in [-0.2, 0) is 4.79 Å². The third-order valence-electron chi connectivity index (χ3n) is 3.62. The molecule has 0 radical (unpaired) electrons. The third kappa shape index (κ3) is 1.97. The lowest BCUT2D eigenvalue weighted by Gasteiger charge is -2.30. The Morgan fingerprint density at radius 2 is 2.21 bits per heavy atom. The predicted octanol–water partition coefficient (Wildman–Crippen LogP) is 2.42. The Balaban J connectivity index is 1.89.